The van der Waals surface area contributed by atoms with Gasteiger partial charge in [0.05, 0.1) is 0 Å². The maximum absolute atomic E-state index is 11.8. The highest BCUT2D eigenvalue weighted by Gasteiger charge is 2.26. The van der Waals surface area contributed by atoms with E-state index >= 15 is 0 Å². The van der Waals surface area contributed by atoms with Gasteiger partial charge in [-0.3, -0.25) is 14.5 Å². The molecule has 0 atom stereocenters. The van der Waals surface area contributed by atoms with Crippen molar-refractivity contribution in [3.8, 4) is 22.9 Å². The van der Waals surface area contributed by atoms with E-state index in [0.29, 0.717) is 34.9 Å². The van der Waals surface area contributed by atoms with E-state index in [0.717, 1.165) is 0 Å². The summed E-state index contributed by atoms with van der Waals surface area (Å²) in [7, 11) is 0. The van der Waals surface area contributed by atoms with Crippen LogP contribution in [0, 0.1) is 18.3 Å². The average molecular weight is 310 g/mol. The molecule has 0 aliphatic carbocycles. The Balaban J connectivity index is 2.12. The molecule has 0 saturated carbocycles. The molecule has 0 bridgehead atoms. The summed E-state index contributed by atoms with van der Waals surface area (Å²) in [4.78, 5) is 32.0. The van der Waals surface area contributed by atoms with E-state index in [1.165, 1.54) is 6.07 Å². The summed E-state index contributed by atoms with van der Waals surface area (Å²) < 4.78 is 5.46. The Kier molecular flexibility index (Phi) is 3.58. The van der Waals surface area contributed by atoms with Crippen molar-refractivity contribution in [1.29, 1.82) is 5.26 Å². The molecular weight excluding hydrogens is 296 g/mol. The summed E-state index contributed by atoms with van der Waals surface area (Å²) in [6.07, 6.45) is 1.60. The smallest absolute Gasteiger partial charge is 0.266 e. The topological polar surface area (TPSA) is 99.1 Å². The Hall–Kier alpha value is -3.14. The predicted molar refractivity (Wildman–Crippen MR) is 83.3 cm³/mol. The molecule has 1 aliphatic heterocycles. The minimum absolute atomic E-state index is 0.0278. The number of anilines is 1. The monoisotopic (exact) mass is 310 g/mol. The number of amides is 1. The second-order valence-electron chi connectivity index (χ2n) is 5.14. The van der Waals surface area contributed by atoms with E-state index in [4.69, 9.17) is 10.00 Å². The lowest BCUT2D eigenvalue weighted by atomic mass is 10.0. The van der Waals surface area contributed by atoms with Crippen LogP contribution in [0.4, 0.5) is 5.82 Å². The number of aromatic nitrogens is 2. The minimum atomic E-state index is -0.418. The fourth-order valence-corrected chi connectivity index (χ4v) is 2.56. The Morgan fingerprint density at radius 2 is 2.22 bits per heavy atom. The summed E-state index contributed by atoms with van der Waals surface area (Å²) in [6, 6.07) is 5.16. The molecular formula is C16H14N4O3. The third-order valence-electron chi connectivity index (χ3n) is 3.73. The van der Waals surface area contributed by atoms with Crippen LogP contribution in [0.25, 0.3) is 11.1 Å². The summed E-state index contributed by atoms with van der Waals surface area (Å²) in [6.45, 7) is 4.10. The number of carbonyl (C=O) groups is 1. The van der Waals surface area contributed by atoms with Crippen LogP contribution >= 0.6 is 0 Å². The van der Waals surface area contributed by atoms with E-state index in [2.05, 4.69) is 9.97 Å². The number of aromatic amines is 1. The van der Waals surface area contributed by atoms with Crippen molar-refractivity contribution >= 4 is 11.7 Å². The molecule has 0 radical (unpaired) electrons. The fraction of sp³-hybridized carbons (Fsp3) is 0.250. The van der Waals surface area contributed by atoms with Gasteiger partial charge in [-0.2, -0.15) is 5.26 Å². The maximum Gasteiger partial charge on any atom is 0.266 e. The van der Waals surface area contributed by atoms with E-state index in [1.807, 2.05) is 13.0 Å². The SMILES string of the molecule is CCN1C(=O)COc2cc(-c3cc(C#N)c(=O)[nH]c3C)cnc21. The van der Waals surface area contributed by atoms with Gasteiger partial charge in [0, 0.05) is 29.6 Å². The van der Waals surface area contributed by atoms with Crippen LogP contribution in [0.15, 0.2) is 23.1 Å². The van der Waals surface area contributed by atoms with Crippen molar-refractivity contribution in [3.63, 3.8) is 0 Å². The number of fused-ring (bicyclic) bond motifs is 1. The van der Waals surface area contributed by atoms with Gasteiger partial charge < -0.3 is 9.72 Å². The van der Waals surface area contributed by atoms with Gasteiger partial charge in [0.15, 0.2) is 18.2 Å². The molecule has 0 saturated heterocycles. The zero-order chi connectivity index (χ0) is 16.6. The molecule has 1 aliphatic rings. The maximum atomic E-state index is 11.8. The molecule has 116 valence electrons. The molecule has 0 spiro atoms. The third-order valence-corrected chi connectivity index (χ3v) is 3.73. The van der Waals surface area contributed by atoms with Crippen molar-refractivity contribution in [2.24, 2.45) is 0 Å². The van der Waals surface area contributed by atoms with Gasteiger partial charge in [-0.1, -0.05) is 0 Å². The molecule has 0 unspecified atom stereocenters. The fourth-order valence-electron chi connectivity index (χ4n) is 2.56. The van der Waals surface area contributed by atoms with Crippen LogP contribution in [0.1, 0.15) is 18.2 Å². The number of nitriles is 1. The van der Waals surface area contributed by atoms with Crippen molar-refractivity contribution in [2.75, 3.05) is 18.1 Å². The van der Waals surface area contributed by atoms with Crippen LogP contribution < -0.4 is 15.2 Å². The van der Waals surface area contributed by atoms with Crippen LogP contribution in [-0.2, 0) is 4.79 Å². The summed E-state index contributed by atoms with van der Waals surface area (Å²) in [5.74, 6) is 0.857. The van der Waals surface area contributed by atoms with E-state index < -0.39 is 5.56 Å². The van der Waals surface area contributed by atoms with Gasteiger partial charge in [0.25, 0.3) is 11.5 Å². The van der Waals surface area contributed by atoms with Crippen molar-refractivity contribution in [2.45, 2.75) is 13.8 Å². The average Bonchev–Trinajstić information content (AvgIpc) is 2.54. The number of nitrogens with zero attached hydrogens (tertiary/aromatic N) is 3. The molecule has 1 amide bonds. The Bertz CT molecular complexity index is 895. The number of rotatable bonds is 2. The number of aryl methyl sites for hydroxylation is 1. The molecule has 0 fully saturated rings. The van der Waals surface area contributed by atoms with Crippen LogP contribution in [-0.4, -0.2) is 29.0 Å². The molecule has 7 heteroatoms. The number of ether oxygens (including phenoxy) is 1. The summed E-state index contributed by atoms with van der Waals surface area (Å²) in [5.41, 5.74) is 1.66. The first-order chi connectivity index (χ1) is 11.0. The number of hydrogen-bond donors (Lipinski definition) is 1. The zero-order valence-corrected chi connectivity index (χ0v) is 12.7. The molecule has 0 aromatic carbocycles. The van der Waals surface area contributed by atoms with Crippen LogP contribution in [0.3, 0.4) is 0 Å². The summed E-state index contributed by atoms with van der Waals surface area (Å²) in [5, 5.41) is 9.01. The van der Waals surface area contributed by atoms with Gasteiger partial charge in [-0.15, -0.1) is 0 Å². The number of hydrogen-bond acceptors (Lipinski definition) is 5. The van der Waals surface area contributed by atoms with E-state index in [1.54, 1.807) is 24.1 Å². The van der Waals surface area contributed by atoms with Crippen molar-refractivity contribution < 1.29 is 9.53 Å². The lowest BCUT2D eigenvalue weighted by molar-refractivity contribution is -0.121. The Labute approximate surface area is 132 Å². The van der Waals surface area contributed by atoms with Gasteiger partial charge in [-0.25, -0.2) is 4.98 Å². The normalized spacial score (nSPS) is 13.3. The first-order valence-corrected chi connectivity index (χ1v) is 7.12. The molecule has 3 rings (SSSR count). The quantitative estimate of drug-likeness (QED) is 0.903. The molecule has 2 aromatic heterocycles. The second-order valence-corrected chi connectivity index (χ2v) is 5.14. The lowest BCUT2D eigenvalue weighted by Gasteiger charge is -2.27. The minimum Gasteiger partial charge on any atom is -0.480 e. The highest BCUT2D eigenvalue weighted by atomic mass is 16.5. The predicted octanol–water partition coefficient (Wildman–Crippen LogP) is 1.36. The molecule has 1 N–H and O–H groups in total. The Morgan fingerprint density at radius 1 is 1.43 bits per heavy atom. The van der Waals surface area contributed by atoms with Gasteiger partial charge in [0.1, 0.15) is 11.6 Å². The number of likely N-dealkylation sites (N-methyl/N-ethyl adjacent to an activating group) is 1. The molecule has 2 aromatic rings. The second kappa shape index (κ2) is 5.57. The highest BCUT2D eigenvalue weighted by molar-refractivity contribution is 5.97. The number of carbonyl (C=O) groups excluding carboxylic acids is 1. The number of nitrogens with one attached hydrogen (secondary N) is 1. The first kappa shape index (κ1) is 14.8. The number of pyridine rings is 2. The standard InChI is InChI=1S/C16H14N4O3/c1-3-20-14(21)8-23-13-5-11(7-18-15(13)20)12-4-10(6-17)16(22)19-9(12)2/h4-5,7H,3,8H2,1-2H3,(H,19,22). The van der Waals surface area contributed by atoms with Crippen LogP contribution in [0.5, 0.6) is 5.75 Å². The Morgan fingerprint density at radius 3 is 2.91 bits per heavy atom. The van der Waals surface area contributed by atoms with E-state index in [-0.39, 0.29) is 18.1 Å². The number of H-pyrrole nitrogens is 1. The third kappa shape index (κ3) is 2.44. The largest absolute Gasteiger partial charge is 0.480 e. The van der Waals surface area contributed by atoms with Crippen molar-refractivity contribution in [3.05, 3.63) is 39.9 Å². The van der Waals surface area contributed by atoms with Gasteiger partial charge in [-0.05, 0) is 26.0 Å². The molecule has 7 nitrogen and oxygen atoms in total. The summed E-state index contributed by atoms with van der Waals surface area (Å²) >= 11 is 0. The van der Waals surface area contributed by atoms with Gasteiger partial charge in [0.2, 0.25) is 0 Å². The van der Waals surface area contributed by atoms with Crippen molar-refractivity contribution in [1.82, 2.24) is 9.97 Å². The first-order valence-electron chi connectivity index (χ1n) is 7.12. The zero-order valence-electron chi connectivity index (χ0n) is 12.7. The van der Waals surface area contributed by atoms with Crippen LogP contribution in [0.2, 0.25) is 0 Å². The van der Waals surface area contributed by atoms with Gasteiger partial charge >= 0.3 is 0 Å². The van der Waals surface area contributed by atoms with E-state index in [9.17, 15) is 9.59 Å². The highest BCUT2D eigenvalue weighted by Crippen LogP contribution is 2.34. The lowest BCUT2D eigenvalue weighted by Crippen LogP contribution is -2.39. The molecule has 3 heterocycles. The molecule has 23 heavy (non-hydrogen) atoms.